The first kappa shape index (κ1) is 26.9. The first-order valence-corrected chi connectivity index (χ1v) is 12.5. The standard InChI is InChI=1S/C29H40N2.C2H6/c1-11-12-22(15-19(2)3)27-26(20(4)5)24-16-21(13-14-25(24)30-27)23-17-28(6,7)31(10)29(8,9)18-23;1-2/h11-17,20,30H,2,18H2,1,3-10H3;1-2H3/b12-11-,22-15+;. The molecule has 1 N–H and O–H groups in total. The van der Waals surface area contributed by atoms with E-state index in [4.69, 9.17) is 0 Å². The van der Waals surface area contributed by atoms with Crippen molar-refractivity contribution >= 4 is 22.0 Å². The number of fused-ring (bicyclic) bond motifs is 1. The van der Waals surface area contributed by atoms with Crippen LogP contribution in [0.3, 0.4) is 0 Å². The number of rotatable bonds is 5. The average molecular weight is 447 g/mol. The molecule has 0 saturated heterocycles. The molecule has 1 aromatic heterocycles. The highest BCUT2D eigenvalue weighted by Gasteiger charge is 2.38. The molecule has 180 valence electrons. The van der Waals surface area contributed by atoms with E-state index in [1.807, 2.05) is 13.8 Å². The highest BCUT2D eigenvalue weighted by Crippen LogP contribution is 2.41. The summed E-state index contributed by atoms with van der Waals surface area (Å²) in [4.78, 5) is 6.21. The Labute approximate surface area is 203 Å². The molecule has 0 unspecified atom stereocenters. The fourth-order valence-corrected chi connectivity index (χ4v) is 5.01. The SMILES string of the molecule is C=C(C)/C=C(\C=C/C)c1[nH]c2ccc(C3=CC(C)(C)N(C)C(C)(C)C3)cc2c1C(C)C.CC. The lowest BCUT2D eigenvalue weighted by molar-refractivity contribution is 0.0697. The van der Waals surface area contributed by atoms with Crippen molar-refractivity contribution in [1.82, 2.24) is 9.88 Å². The Bertz CT molecular complexity index is 1080. The molecule has 33 heavy (non-hydrogen) atoms. The third-order valence-electron chi connectivity index (χ3n) is 6.75. The molecule has 0 spiro atoms. The van der Waals surface area contributed by atoms with E-state index < -0.39 is 0 Å². The second kappa shape index (κ2) is 10.3. The van der Waals surface area contributed by atoms with Crippen molar-refractivity contribution in [2.75, 3.05) is 7.05 Å². The van der Waals surface area contributed by atoms with Crippen LogP contribution in [0.15, 0.2) is 54.7 Å². The van der Waals surface area contributed by atoms with Gasteiger partial charge in [0.2, 0.25) is 0 Å². The number of benzene rings is 1. The van der Waals surface area contributed by atoms with Crippen molar-refractivity contribution in [1.29, 1.82) is 0 Å². The lowest BCUT2D eigenvalue weighted by Crippen LogP contribution is -2.54. The minimum atomic E-state index is 0.0273. The number of allylic oxidation sites excluding steroid dienone is 5. The summed E-state index contributed by atoms with van der Waals surface area (Å²) in [6, 6.07) is 6.95. The van der Waals surface area contributed by atoms with E-state index in [9.17, 15) is 0 Å². The molecule has 0 aliphatic carbocycles. The molecule has 1 aliphatic rings. The Hall–Kier alpha value is -2.32. The monoisotopic (exact) mass is 446 g/mol. The van der Waals surface area contributed by atoms with Gasteiger partial charge in [-0.3, -0.25) is 4.90 Å². The summed E-state index contributed by atoms with van der Waals surface area (Å²) in [5.41, 5.74) is 8.97. The van der Waals surface area contributed by atoms with E-state index in [1.54, 1.807) is 0 Å². The molecule has 1 aliphatic heterocycles. The van der Waals surface area contributed by atoms with E-state index >= 15 is 0 Å². The fourth-order valence-electron chi connectivity index (χ4n) is 5.01. The summed E-state index contributed by atoms with van der Waals surface area (Å²) in [7, 11) is 2.24. The molecule has 0 fully saturated rings. The highest BCUT2D eigenvalue weighted by atomic mass is 15.2. The summed E-state index contributed by atoms with van der Waals surface area (Å²) in [5, 5.41) is 1.33. The molecule has 0 saturated carbocycles. The zero-order chi connectivity index (χ0) is 25.1. The molecule has 2 heterocycles. The van der Waals surface area contributed by atoms with Crippen LogP contribution in [-0.4, -0.2) is 28.0 Å². The van der Waals surface area contributed by atoms with Crippen molar-refractivity contribution in [2.24, 2.45) is 0 Å². The van der Waals surface area contributed by atoms with E-state index in [-0.39, 0.29) is 11.1 Å². The van der Waals surface area contributed by atoms with Crippen LogP contribution in [0.1, 0.15) is 98.4 Å². The quantitative estimate of drug-likeness (QED) is 0.454. The van der Waals surface area contributed by atoms with Gasteiger partial charge in [-0.25, -0.2) is 0 Å². The van der Waals surface area contributed by atoms with E-state index in [1.165, 1.54) is 38.9 Å². The summed E-state index contributed by atoms with van der Waals surface area (Å²) in [6.45, 7) is 26.1. The van der Waals surface area contributed by atoms with Crippen LogP contribution in [0, 0.1) is 0 Å². The normalized spacial score (nSPS) is 18.4. The maximum Gasteiger partial charge on any atom is 0.0499 e. The zero-order valence-corrected chi connectivity index (χ0v) is 23.0. The van der Waals surface area contributed by atoms with Gasteiger partial charge >= 0.3 is 0 Å². The van der Waals surface area contributed by atoms with Crippen LogP contribution in [0.4, 0.5) is 0 Å². The van der Waals surface area contributed by atoms with Crippen molar-refractivity contribution in [3.8, 4) is 0 Å². The first-order chi connectivity index (χ1) is 15.4. The highest BCUT2D eigenvalue weighted by molar-refractivity contribution is 5.94. The van der Waals surface area contributed by atoms with Crippen LogP contribution >= 0.6 is 0 Å². The third kappa shape index (κ3) is 5.61. The smallest absolute Gasteiger partial charge is 0.0499 e. The number of hydrogen-bond donors (Lipinski definition) is 1. The van der Waals surface area contributed by atoms with Crippen LogP contribution < -0.4 is 0 Å². The topological polar surface area (TPSA) is 19.0 Å². The van der Waals surface area contributed by atoms with Gasteiger partial charge < -0.3 is 4.98 Å². The zero-order valence-electron chi connectivity index (χ0n) is 23.0. The molecule has 0 radical (unpaired) electrons. The van der Waals surface area contributed by atoms with Crippen molar-refractivity contribution < 1.29 is 0 Å². The van der Waals surface area contributed by atoms with E-state index in [2.05, 4.69) is 121 Å². The molecule has 3 rings (SSSR count). The third-order valence-corrected chi connectivity index (χ3v) is 6.75. The Morgan fingerprint density at radius 2 is 1.79 bits per heavy atom. The maximum absolute atomic E-state index is 4.10. The van der Waals surface area contributed by atoms with Gasteiger partial charge in [0.05, 0.1) is 0 Å². The number of aromatic amines is 1. The van der Waals surface area contributed by atoms with Crippen LogP contribution in [-0.2, 0) is 0 Å². The predicted molar refractivity (Wildman–Crippen MR) is 150 cm³/mol. The molecule has 0 bridgehead atoms. The number of nitrogens with zero attached hydrogens (tertiary/aromatic N) is 1. The number of H-pyrrole nitrogens is 1. The Morgan fingerprint density at radius 3 is 2.30 bits per heavy atom. The Kier molecular flexibility index (Phi) is 8.41. The molecular formula is C31H46N2. The summed E-state index contributed by atoms with van der Waals surface area (Å²) in [6.07, 6.45) is 9.95. The molecule has 2 nitrogen and oxygen atoms in total. The second-order valence-corrected chi connectivity index (χ2v) is 10.6. The molecule has 2 heteroatoms. The fraction of sp³-hybridized carbons (Fsp3) is 0.484. The van der Waals surface area contributed by atoms with Gasteiger partial charge in [0.25, 0.3) is 0 Å². The van der Waals surface area contributed by atoms with Gasteiger partial charge in [0, 0.05) is 27.7 Å². The summed E-state index contributed by atoms with van der Waals surface area (Å²) >= 11 is 0. The minimum absolute atomic E-state index is 0.0273. The van der Waals surface area contributed by atoms with Gasteiger partial charge in [-0.1, -0.05) is 70.2 Å². The molecule has 0 atom stereocenters. The van der Waals surface area contributed by atoms with Gasteiger partial charge in [-0.2, -0.15) is 0 Å². The van der Waals surface area contributed by atoms with Gasteiger partial charge in [0.1, 0.15) is 0 Å². The Morgan fingerprint density at radius 1 is 1.15 bits per heavy atom. The van der Waals surface area contributed by atoms with Gasteiger partial charge in [-0.15, -0.1) is 0 Å². The summed E-state index contributed by atoms with van der Waals surface area (Å²) in [5.74, 6) is 0.414. The maximum atomic E-state index is 4.10. The van der Waals surface area contributed by atoms with Gasteiger partial charge in [-0.05, 0) is 95.3 Å². The lowest BCUT2D eigenvalue weighted by Gasteiger charge is -2.49. The van der Waals surface area contributed by atoms with Gasteiger partial charge in [0.15, 0.2) is 0 Å². The second-order valence-electron chi connectivity index (χ2n) is 10.6. The number of hydrogen-bond acceptors (Lipinski definition) is 1. The number of aromatic nitrogens is 1. The lowest BCUT2D eigenvalue weighted by atomic mass is 9.79. The minimum Gasteiger partial charge on any atom is -0.354 e. The Balaban J connectivity index is 0.00000187. The molecule has 1 aromatic carbocycles. The molecule has 0 amide bonds. The molecular weight excluding hydrogens is 400 g/mol. The molecule has 2 aromatic rings. The predicted octanol–water partition coefficient (Wildman–Crippen LogP) is 9.13. The first-order valence-electron chi connectivity index (χ1n) is 12.5. The van der Waals surface area contributed by atoms with E-state index in [0.717, 1.165) is 12.0 Å². The van der Waals surface area contributed by atoms with Crippen LogP contribution in [0.5, 0.6) is 0 Å². The van der Waals surface area contributed by atoms with Crippen molar-refractivity contribution in [2.45, 2.75) is 92.7 Å². The average Bonchev–Trinajstić information content (AvgIpc) is 3.11. The summed E-state index contributed by atoms with van der Waals surface area (Å²) < 4.78 is 0. The van der Waals surface area contributed by atoms with Crippen molar-refractivity contribution in [3.05, 3.63) is 71.5 Å². The van der Waals surface area contributed by atoms with Crippen LogP contribution in [0.2, 0.25) is 0 Å². The largest absolute Gasteiger partial charge is 0.354 e. The number of likely N-dealkylation sites (N-methyl/N-ethyl adjacent to an activating group) is 1. The van der Waals surface area contributed by atoms with Crippen molar-refractivity contribution in [3.63, 3.8) is 0 Å². The van der Waals surface area contributed by atoms with Crippen LogP contribution in [0.25, 0.3) is 22.0 Å². The number of nitrogens with one attached hydrogen (secondary N) is 1. The van der Waals surface area contributed by atoms with E-state index in [0.29, 0.717) is 5.92 Å².